The average Bonchev–Trinajstić information content (AvgIpc) is 2.81. The average molecular weight is 312 g/mol. The minimum atomic E-state index is -4.63. The second-order valence-electron chi connectivity index (χ2n) is 4.46. The summed E-state index contributed by atoms with van der Waals surface area (Å²) in [5.74, 6) is -1.03. The van der Waals surface area contributed by atoms with E-state index in [0.29, 0.717) is 0 Å². The first-order valence-electron chi connectivity index (χ1n) is 5.55. The predicted octanol–water partition coefficient (Wildman–Crippen LogP) is 3.72. The quantitative estimate of drug-likeness (QED) is 0.843. The van der Waals surface area contributed by atoms with Crippen LogP contribution in [0.1, 0.15) is 16.8 Å². The third kappa shape index (κ3) is 2.47. The standard InChI is InChI=1S/C12H10Cl2F3NO/c13-7-1-2-9(14)8(5-7)10(19)11(12(15,16)17)3-4-18-6-11/h1-2,5,18H,3-4,6H2. The molecular weight excluding hydrogens is 302 g/mol. The van der Waals surface area contributed by atoms with Gasteiger partial charge in [-0.3, -0.25) is 4.79 Å². The van der Waals surface area contributed by atoms with Gasteiger partial charge in [0.15, 0.2) is 5.78 Å². The molecule has 1 aliphatic heterocycles. The van der Waals surface area contributed by atoms with Crippen molar-refractivity contribution in [3.8, 4) is 0 Å². The Kier molecular flexibility index (Phi) is 3.82. The first-order valence-corrected chi connectivity index (χ1v) is 6.31. The lowest BCUT2D eigenvalue weighted by atomic mass is 9.78. The van der Waals surface area contributed by atoms with Crippen molar-refractivity contribution >= 4 is 29.0 Å². The third-order valence-electron chi connectivity index (χ3n) is 3.31. The topological polar surface area (TPSA) is 29.1 Å². The van der Waals surface area contributed by atoms with E-state index < -0.39 is 23.9 Å². The molecule has 1 fully saturated rings. The van der Waals surface area contributed by atoms with E-state index in [2.05, 4.69) is 5.32 Å². The van der Waals surface area contributed by atoms with Crippen molar-refractivity contribution in [3.05, 3.63) is 33.8 Å². The van der Waals surface area contributed by atoms with Gasteiger partial charge >= 0.3 is 6.18 Å². The Bertz CT molecular complexity index is 510. The van der Waals surface area contributed by atoms with Crippen molar-refractivity contribution in [2.24, 2.45) is 5.41 Å². The molecule has 0 amide bonds. The van der Waals surface area contributed by atoms with Crippen LogP contribution in [-0.4, -0.2) is 25.0 Å². The molecule has 1 saturated heterocycles. The molecule has 7 heteroatoms. The second-order valence-corrected chi connectivity index (χ2v) is 5.30. The van der Waals surface area contributed by atoms with Gasteiger partial charge in [0.25, 0.3) is 0 Å². The molecule has 0 saturated carbocycles. The van der Waals surface area contributed by atoms with E-state index in [9.17, 15) is 18.0 Å². The van der Waals surface area contributed by atoms with Gasteiger partial charge < -0.3 is 5.32 Å². The summed E-state index contributed by atoms with van der Waals surface area (Å²) in [6, 6.07) is 3.93. The maximum atomic E-state index is 13.2. The van der Waals surface area contributed by atoms with Crippen molar-refractivity contribution in [1.29, 1.82) is 0 Å². The zero-order valence-corrected chi connectivity index (χ0v) is 11.2. The Hall–Kier alpha value is -0.780. The van der Waals surface area contributed by atoms with Crippen LogP contribution >= 0.6 is 23.2 Å². The number of hydrogen-bond donors (Lipinski definition) is 1. The van der Waals surface area contributed by atoms with Crippen LogP contribution in [0.2, 0.25) is 10.0 Å². The molecule has 1 unspecified atom stereocenters. The molecule has 1 N–H and O–H groups in total. The van der Waals surface area contributed by atoms with Crippen molar-refractivity contribution in [2.75, 3.05) is 13.1 Å². The van der Waals surface area contributed by atoms with Gasteiger partial charge in [0.05, 0.1) is 5.02 Å². The summed E-state index contributed by atoms with van der Waals surface area (Å²) in [5.41, 5.74) is -2.60. The number of rotatable bonds is 2. The van der Waals surface area contributed by atoms with Gasteiger partial charge in [-0.1, -0.05) is 23.2 Å². The van der Waals surface area contributed by atoms with Gasteiger partial charge in [0.1, 0.15) is 5.41 Å². The lowest BCUT2D eigenvalue weighted by molar-refractivity contribution is -0.197. The van der Waals surface area contributed by atoms with Gasteiger partial charge in [0, 0.05) is 17.1 Å². The van der Waals surface area contributed by atoms with E-state index in [1.807, 2.05) is 0 Å². The summed E-state index contributed by atoms with van der Waals surface area (Å²) in [4.78, 5) is 12.3. The summed E-state index contributed by atoms with van der Waals surface area (Å²) in [7, 11) is 0. The fourth-order valence-electron chi connectivity index (χ4n) is 2.19. The Morgan fingerprint density at radius 2 is 2.00 bits per heavy atom. The molecule has 2 rings (SSSR count). The van der Waals surface area contributed by atoms with E-state index in [1.165, 1.54) is 18.2 Å². The number of halogens is 5. The van der Waals surface area contributed by atoms with Crippen molar-refractivity contribution in [3.63, 3.8) is 0 Å². The summed E-state index contributed by atoms with van der Waals surface area (Å²) in [6.45, 7) is -0.290. The Labute approximate surface area is 117 Å². The number of Topliss-reactive ketones (excluding diaryl/α,β-unsaturated/α-hetero) is 1. The molecule has 104 valence electrons. The molecule has 19 heavy (non-hydrogen) atoms. The fraction of sp³-hybridized carbons (Fsp3) is 0.417. The Morgan fingerprint density at radius 3 is 2.53 bits per heavy atom. The van der Waals surface area contributed by atoms with Crippen LogP contribution in [0.15, 0.2) is 18.2 Å². The zero-order valence-electron chi connectivity index (χ0n) is 9.65. The maximum Gasteiger partial charge on any atom is 0.402 e. The minimum Gasteiger partial charge on any atom is -0.315 e. The summed E-state index contributed by atoms with van der Waals surface area (Å²) in [5, 5.41) is 2.74. The molecule has 0 bridgehead atoms. The fourth-order valence-corrected chi connectivity index (χ4v) is 2.56. The molecule has 0 spiro atoms. The highest BCUT2D eigenvalue weighted by Crippen LogP contribution is 2.46. The number of ketones is 1. The zero-order chi connectivity index (χ0) is 14.3. The highest BCUT2D eigenvalue weighted by atomic mass is 35.5. The number of carbonyl (C=O) groups is 1. The largest absolute Gasteiger partial charge is 0.402 e. The predicted molar refractivity (Wildman–Crippen MR) is 66.8 cm³/mol. The highest BCUT2D eigenvalue weighted by Gasteiger charge is 2.61. The van der Waals surface area contributed by atoms with Crippen LogP contribution in [0, 0.1) is 5.41 Å². The molecule has 2 nitrogen and oxygen atoms in total. The molecule has 0 radical (unpaired) electrons. The summed E-state index contributed by atoms with van der Waals surface area (Å²) < 4.78 is 39.7. The van der Waals surface area contributed by atoms with E-state index >= 15 is 0 Å². The van der Waals surface area contributed by atoms with Gasteiger partial charge in [-0.25, -0.2) is 0 Å². The smallest absolute Gasteiger partial charge is 0.315 e. The molecule has 0 aliphatic carbocycles. The second kappa shape index (κ2) is 4.96. The molecule has 1 heterocycles. The van der Waals surface area contributed by atoms with E-state index in [4.69, 9.17) is 23.2 Å². The van der Waals surface area contributed by atoms with Crippen LogP contribution in [0.5, 0.6) is 0 Å². The molecule has 1 aromatic rings. The number of benzene rings is 1. The molecule has 1 aromatic carbocycles. The van der Waals surface area contributed by atoms with Crippen LogP contribution in [-0.2, 0) is 0 Å². The molecule has 1 atom stereocenters. The van der Waals surface area contributed by atoms with Crippen molar-refractivity contribution in [2.45, 2.75) is 12.6 Å². The SMILES string of the molecule is O=C(c1cc(Cl)ccc1Cl)C1(C(F)(F)F)CCNC1. The number of carbonyl (C=O) groups excluding carboxylic acids is 1. The monoisotopic (exact) mass is 311 g/mol. The number of alkyl halides is 3. The van der Waals surface area contributed by atoms with Crippen LogP contribution in [0.25, 0.3) is 0 Å². The Morgan fingerprint density at radius 1 is 1.32 bits per heavy atom. The first-order chi connectivity index (χ1) is 8.78. The molecular formula is C12H10Cl2F3NO. The highest BCUT2D eigenvalue weighted by molar-refractivity contribution is 6.36. The summed E-state index contributed by atoms with van der Waals surface area (Å²) in [6.07, 6.45) is -4.92. The lowest BCUT2D eigenvalue weighted by Crippen LogP contribution is -2.46. The normalized spacial score (nSPS) is 23.6. The van der Waals surface area contributed by atoms with Gasteiger partial charge in [-0.05, 0) is 31.2 Å². The lowest BCUT2D eigenvalue weighted by Gasteiger charge is -2.29. The molecule has 1 aliphatic rings. The van der Waals surface area contributed by atoms with Gasteiger partial charge in [-0.2, -0.15) is 13.2 Å². The van der Waals surface area contributed by atoms with E-state index in [0.717, 1.165) is 0 Å². The van der Waals surface area contributed by atoms with Crippen LogP contribution < -0.4 is 5.32 Å². The van der Waals surface area contributed by atoms with Crippen LogP contribution in [0.4, 0.5) is 13.2 Å². The first kappa shape index (κ1) is 14.6. The van der Waals surface area contributed by atoms with Crippen LogP contribution in [0.3, 0.4) is 0 Å². The third-order valence-corrected chi connectivity index (χ3v) is 3.87. The van der Waals surface area contributed by atoms with Gasteiger partial charge in [0.2, 0.25) is 0 Å². The molecule has 0 aromatic heterocycles. The van der Waals surface area contributed by atoms with Crippen molar-refractivity contribution < 1.29 is 18.0 Å². The minimum absolute atomic E-state index is 0.0232. The Balaban J connectivity index is 2.49. The number of nitrogens with one attached hydrogen (secondary N) is 1. The summed E-state index contributed by atoms with van der Waals surface area (Å²) >= 11 is 11.5. The number of hydrogen-bond acceptors (Lipinski definition) is 2. The van der Waals surface area contributed by atoms with Gasteiger partial charge in [-0.15, -0.1) is 0 Å². The van der Waals surface area contributed by atoms with E-state index in [1.54, 1.807) is 0 Å². The van der Waals surface area contributed by atoms with Crippen molar-refractivity contribution in [1.82, 2.24) is 5.32 Å². The van der Waals surface area contributed by atoms with E-state index in [-0.39, 0.29) is 28.6 Å². The maximum absolute atomic E-state index is 13.2.